The van der Waals surface area contributed by atoms with Crippen molar-refractivity contribution in [3.8, 4) is 22.3 Å². The van der Waals surface area contributed by atoms with Gasteiger partial charge in [0.05, 0.1) is 46.3 Å². The van der Waals surface area contributed by atoms with Crippen LogP contribution >= 0.6 is 11.8 Å². The number of aliphatic hydroxyl groups is 2. The van der Waals surface area contributed by atoms with Crippen LogP contribution in [0.15, 0.2) is 82.6 Å². The maximum atomic E-state index is 15.9. The van der Waals surface area contributed by atoms with E-state index in [2.05, 4.69) is 0 Å². The molecular formula is C56H54F12N4O8S. The Balaban J connectivity index is 1.39. The van der Waals surface area contributed by atoms with Gasteiger partial charge in [0.2, 0.25) is 11.8 Å². The van der Waals surface area contributed by atoms with Gasteiger partial charge in [0.25, 0.3) is 0 Å². The van der Waals surface area contributed by atoms with Gasteiger partial charge >= 0.3 is 36.6 Å². The van der Waals surface area contributed by atoms with Crippen molar-refractivity contribution in [3.05, 3.63) is 106 Å². The fraction of sp³-hybridized carbons (Fsp3) is 0.429. The third kappa shape index (κ3) is 14.0. The number of carbonyl (C=O) groups excluding carboxylic acids is 2. The first-order valence-electron chi connectivity index (χ1n) is 25.8. The number of amides is 2. The highest BCUT2D eigenvalue weighted by Crippen LogP contribution is 2.55. The monoisotopic (exact) mass is 1170 g/mol. The number of carboxylic acid groups (broad SMARTS) is 2. The summed E-state index contributed by atoms with van der Waals surface area (Å²) in [5.74, 6) is -5.59. The van der Waals surface area contributed by atoms with Crippen molar-refractivity contribution in [2.24, 2.45) is 11.8 Å². The van der Waals surface area contributed by atoms with E-state index in [4.69, 9.17) is 0 Å². The highest BCUT2D eigenvalue weighted by atomic mass is 32.2. The molecule has 0 aromatic heterocycles. The second-order valence-corrected chi connectivity index (χ2v) is 21.4. The van der Waals surface area contributed by atoms with Crippen molar-refractivity contribution < 1.29 is 92.3 Å². The van der Waals surface area contributed by atoms with E-state index in [0.717, 1.165) is 9.80 Å². The molecule has 2 amide bonds. The van der Waals surface area contributed by atoms with Gasteiger partial charge in [0, 0.05) is 85.7 Å². The molecule has 25 heteroatoms. The van der Waals surface area contributed by atoms with Crippen LogP contribution in [-0.2, 0) is 43.9 Å². The Morgan fingerprint density at radius 2 is 0.778 bits per heavy atom. The Kier molecular flexibility index (Phi) is 17.9. The Morgan fingerprint density at radius 3 is 1.07 bits per heavy atom. The predicted octanol–water partition coefficient (Wildman–Crippen LogP) is 11.8. The number of aliphatic hydroxyl groups excluding tert-OH is 2. The van der Waals surface area contributed by atoms with Gasteiger partial charge in [0.1, 0.15) is 0 Å². The third-order valence-corrected chi connectivity index (χ3v) is 16.2. The lowest BCUT2D eigenvalue weighted by molar-refractivity contribution is -0.164. The average molecular weight is 1170 g/mol. The van der Waals surface area contributed by atoms with E-state index in [9.17, 15) is 39.6 Å². The number of carboxylic acids is 2. The van der Waals surface area contributed by atoms with E-state index < -0.39 is 139 Å². The van der Waals surface area contributed by atoms with E-state index in [0.29, 0.717) is 36.4 Å². The maximum Gasteiger partial charge on any atom is 0.418 e. The first kappa shape index (κ1) is 60.4. The summed E-state index contributed by atoms with van der Waals surface area (Å²) >= 11 is -0.663. The summed E-state index contributed by atoms with van der Waals surface area (Å²) in [4.78, 5) is 52.8. The van der Waals surface area contributed by atoms with E-state index in [1.54, 1.807) is 9.80 Å². The zero-order valence-electron chi connectivity index (χ0n) is 42.9. The summed E-state index contributed by atoms with van der Waals surface area (Å²) in [6.45, 7) is 0.0831. The molecule has 12 nitrogen and oxygen atoms in total. The molecule has 4 aromatic carbocycles. The van der Waals surface area contributed by atoms with Crippen molar-refractivity contribution in [3.63, 3.8) is 0 Å². The molecule has 0 radical (unpaired) electrons. The van der Waals surface area contributed by atoms with Gasteiger partial charge in [-0.1, -0.05) is 36.0 Å². The molecular weight excluding hydrogens is 1120 g/mol. The molecule has 0 aliphatic carbocycles. The van der Waals surface area contributed by atoms with Crippen LogP contribution in [0.25, 0.3) is 34.4 Å². The molecule has 4 fully saturated rings. The van der Waals surface area contributed by atoms with Gasteiger partial charge in [-0.05, 0) is 133 Å². The van der Waals surface area contributed by atoms with Crippen LogP contribution in [0.2, 0.25) is 0 Å². The highest BCUT2D eigenvalue weighted by Gasteiger charge is 2.51. The number of aliphatic carboxylic acids is 2. The Bertz CT molecular complexity index is 2870. The van der Waals surface area contributed by atoms with Crippen LogP contribution < -0.4 is 9.80 Å². The summed E-state index contributed by atoms with van der Waals surface area (Å²) in [6, 6.07) is 11.3. The topological polar surface area (TPSA) is 162 Å². The first-order valence-corrected chi connectivity index (χ1v) is 26.7. The number of hydrogen-bond acceptors (Lipinski definition) is 9. The summed E-state index contributed by atoms with van der Waals surface area (Å²) in [5.41, 5.74) is -14.3. The van der Waals surface area contributed by atoms with Crippen LogP contribution in [0.1, 0.15) is 84.7 Å². The molecule has 0 bridgehead atoms. The predicted molar refractivity (Wildman–Crippen MR) is 275 cm³/mol. The molecule has 8 rings (SSSR count). The summed E-state index contributed by atoms with van der Waals surface area (Å²) in [5, 5.41) is 39.2. The molecule has 0 atom stereocenters. The maximum absolute atomic E-state index is 15.9. The molecule has 4 N–H and O–H groups in total. The number of alkyl halides is 12. The molecule has 4 saturated heterocycles. The minimum Gasteiger partial charge on any atom is -0.481 e. The number of carbonyl (C=O) groups is 4. The molecule has 4 aliphatic heterocycles. The van der Waals surface area contributed by atoms with Gasteiger partial charge in [-0.2, -0.15) is 52.7 Å². The first-order chi connectivity index (χ1) is 38.0. The molecule has 4 heterocycles. The number of likely N-dealkylation sites (tertiary alicyclic amines) is 2. The molecule has 0 unspecified atom stereocenters. The minimum absolute atomic E-state index is 0.0651. The molecule has 81 heavy (non-hydrogen) atoms. The lowest BCUT2D eigenvalue weighted by atomic mass is 9.89. The fourth-order valence-electron chi connectivity index (χ4n) is 10.8. The SMILES string of the molecule is O=C(O)C1CCN(c2cccc(-c3cc(Sc4cc(-c5cccc(N6CCC(C(=O)O)CC6)c5)c(C=CC(=O)N5CCC(O)CC5)c(C(F)(F)F)c4C(F)(F)F)c(C(F)(F)F)c(C(F)(F)F)c3C=CC(=O)N3CCC(O)CC3)c2)CC1. The zero-order valence-corrected chi connectivity index (χ0v) is 43.7. The summed E-state index contributed by atoms with van der Waals surface area (Å²) in [7, 11) is 0. The van der Waals surface area contributed by atoms with Crippen molar-refractivity contribution in [1.82, 2.24) is 9.80 Å². The lowest BCUT2D eigenvalue weighted by Gasteiger charge is -2.32. The molecule has 436 valence electrons. The van der Waals surface area contributed by atoms with Gasteiger partial charge in [-0.25, -0.2) is 0 Å². The second kappa shape index (κ2) is 24.0. The van der Waals surface area contributed by atoms with E-state index in [-0.39, 0.29) is 126 Å². The normalized spacial score (nSPS) is 18.1. The summed E-state index contributed by atoms with van der Waals surface area (Å²) < 4.78 is 190. The van der Waals surface area contributed by atoms with Crippen LogP contribution in [0.5, 0.6) is 0 Å². The average Bonchev–Trinajstić information content (AvgIpc) is 3.60. The number of nitrogens with zero attached hydrogens (tertiary/aromatic N) is 4. The van der Waals surface area contributed by atoms with E-state index in [1.165, 1.54) is 48.5 Å². The lowest BCUT2D eigenvalue weighted by Crippen LogP contribution is -2.39. The Morgan fingerprint density at radius 1 is 0.457 bits per heavy atom. The highest BCUT2D eigenvalue weighted by molar-refractivity contribution is 7.99. The number of halogens is 12. The third-order valence-electron chi connectivity index (χ3n) is 15.1. The Labute approximate surface area is 460 Å². The molecule has 4 aliphatic rings. The standard InChI is InChI=1S/C56H54F12N4O8S/c57-53(58,59)47-39(7-9-45(75)71-23-15-37(73)16-24-71)41(33-3-1-5-35(27-33)69-19-11-31(12-20-69)51(77)78)29-43(49(47)55(63,64)65)81-44-30-42(34-4-2-6-36(28-34)70-21-13-32(14-22-70)52(79)80)40(48(54(60,61)62)50(44)56(66,67)68)8-10-46(76)72-25-17-38(74)18-26-72/h1-10,27-32,37-38,73-74H,11-26H2,(H,77,78)(H,79,80). The molecule has 0 spiro atoms. The van der Waals surface area contributed by atoms with Crippen molar-refractivity contribution in [2.75, 3.05) is 62.2 Å². The minimum atomic E-state index is -6.12. The van der Waals surface area contributed by atoms with Gasteiger partial charge < -0.3 is 40.0 Å². The largest absolute Gasteiger partial charge is 0.481 e. The van der Waals surface area contributed by atoms with Gasteiger partial charge in [0.15, 0.2) is 0 Å². The van der Waals surface area contributed by atoms with Crippen molar-refractivity contribution in [2.45, 2.75) is 98.1 Å². The number of piperidine rings is 4. The van der Waals surface area contributed by atoms with E-state index in [1.807, 2.05) is 0 Å². The number of benzene rings is 4. The number of anilines is 2. The number of rotatable bonds is 12. The van der Waals surface area contributed by atoms with Crippen LogP contribution in [-0.4, -0.2) is 119 Å². The van der Waals surface area contributed by atoms with Crippen LogP contribution in [0, 0.1) is 11.8 Å². The second-order valence-electron chi connectivity index (χ2n) is 20.3. The summed E-state index contributed by atoms with van der Waals surface area (Å²) in [6.07, 6.45) is -23.1. The fourth-order valence-corrected chi connectivity index (χ4v) is 12.0. The zero-order chi connectivity index (χ0) is 58.9. The molecule has 4 aromatic rings. The number of hydrogen-bond donors (Lipinski definition) is 4. The quantitative estimate of drug-likeness (QED) is 0.0789. The van der Waals surface area contributed by atoms with Crippen molar-refractivity contribution >= 4 is 59.0 Å². The van der Waals surface area contributed by atoms with E-state index >= 15 is 52.7 Å². The van der Waals surface area contributed by atoms with Crippen LogP contribution in [0.3, 0.4) is 0 Å². The Hall–Kier alpha value is -6.73. The smallest absolute Gasteiger partial charge is 0.418 e. The van der Waals surface area contributed by atoms with Gasteiger partial charge in [-0.3, -0.25) is 19.2 Å². The van der Waals surface area contributed by atoms with Crippen molar-refractivity contribution in [1.29, 1.82) is 0 Å². The molecule has 0 saturated carbocycles. The van der Waals surface area contributed by atoms with Gasteiger partial charge in [-0.15, -0.1) is 0 Å². The van der Waals surface area contributed by atoms with Crippen LogP contribution in [0.4, 0.5) is 64.1 Å².